The zero-order valence-electron chi connectivity index (χ0n) is 13.1. The Bertz CT molecular complexity index is 704. The number of methoxy groups -OCH3 is 2. The second-order valence-corrected chi connectivity index (χ2v) is 5.27. The lowest BCUT2D eigenvalue weighted by atomic mass is 9.99. The number of ether oxygens (including phenoxy) is 2. The molecule has 0 unspecified atom stereocenters. The van der Waals surface area contributed by atoms with Crippen LogP contribution in [-0.4, -0.2) is 44.1 Å². The Labute approximate surface area is 134 Å². The highest BCUT2D eigenvalue weighted by molar-refractivity contribution is 6.17. The molecule has 0 saturated carbocycles. The predicted molar refractivity (Wildman–Crippen MR) is 84.3 cm³/mol. The summed E-state index contributed by atoms with van der Waals surface area (Å²) >= 11 is 0. The summed E-state index contributed by atoms with van der Waals surface area (Å²) in [5.41, 5.74) is 1.93. The van der Waals surface area contributed by atoms with E-state index < -0.39 is 5.97 Å². The lowest BCUT2D eigenvalue weighted by molar-refractivity contribution is -0.135. The zero-order valence-corrected chi connectivity index (χ0v) is 13.1. The highest BCUT2D eigenvalue weighted by atomic mass is 16.5. The van der Waals surface area contributed by atoms with Crippen LogP contribution in [0.25, 0.3) is 5.57 Å². The fourth-order valence-electron chi connectivity index (χ4n) is 2.82. The number of carbonyl (C=O) groups excluding carboxylic acids is 2. The maximum atomic E-state index is 12.6. The fourth-order valence-corrected chi connectivity index (χ4v) is 2.82. The summed E-state index contributed by atoms with van der Waals surface area (Å²) in [5, 5.41) is 3.27. The third-order valence-corrected chi connectivity index (χ3v) is 3.94. The second-order valence-electron chi connectivity index (χ2n) is 5.27. The lowest BCUT2D eigenvalue weighted by Crippen LogP contribution is -2.39. The monoisotopic (exact) mass is 314 g/mol. The number of amides is 1. The summed E-state index contributed by atoms with van der Waals surface area (Å²) < 4.78 is 9.86. The van der Waals surface area contributed by atoms with Crippen molar-refractivity contribution in [2.45, 2.75) is 6.42 Å². The molecule has 23 heavy (non-hydrogen) atoms. The molecule has 1 amide bonds. The molecule has 1 N–H and O–H groups in total. The molecule has 6 heteroatoms. The van der Waals surface area contributed by atoms with Crippen molar-refractivity contribution in [2.24, 2.45) is 0 Å². The van der Waals surface area contributed by atoms with Crippen LogP contribution in [0.1, 0.15) is 12.0 Å². The number of carbonyl (C=O) groups is 2. The number of hydrogen-bond acceptors (Lipinski definition) is 5. The molecule has 1 aromatic rings. The van der Waals surface area contributed by atoms with Gasteiger partial charge in [-0.05, 0) is 24.1 Å². The Morgan fingerprint density at radius 1 is 1.26 bits per heavy atom. The van der Waals surface area contributed by atoms with Crippen LogP contribution >= 0.6 is 0 Å². The molecule has 0 spiro atoms. The molecule has 6 nitrogen and oxygen atoms in total. The summed E-state index contributed by atoms with van der Waals surface area (Å²) in [5.74, 6) is 0.764. The van der Waals surface area contributed by atoms with E-state index in [1.165, 1.54) is 13.2 Å². The van der Waals surface area contributed by atoms with Gasteiger partial charge in [0, 0.05) is 24.7 Å². The van der Waals surface area contributed by atoms with Gasteiger partial charge in [0.15, 0.2) is 0 Å². The van der Waals surface area contributed by atoms with Gasteiger partial charge in [-0.15, -0.1) is 0 Å². The van der Waals surface area contributed by atoms with Crippen molar-refractivity contribution < 1.29 is 19.1 Å². The zero-order chi connectivity index (χ0) is 16.4. The number of nitrogens with one attached hydrogen (secondary N) is 1. The summed E-state index contributed by atoms with van der Waals surface area (Å²) in [6.07, 6.45) is 2.13. The smallest absolute Gasteiger partial charge is 0.331 e. The van der Waals surface area contributed by atoms with Crippen LogP contribution < -0.4 is 10.1 Å². The van der Waals surface area contributed by atoms with Crippen molar-refractivity contribution in [1.82, 2.24) is 10.2 Å². The van der Waals surface area contributed by atoms with Crippen molar-refractivity contribution in [2.75, 3.05) is 27.3 Å². The predicted octanol–water partition coefficient (Wildman–Crippen LogP) is 1.30. The number of nitrogens with zero attached hydrogens (tertiary/aromatic N) is 1. The topological polar surface area (TPSA) is 67.9 Å². The molecule has 1 aromatic carbocycles. The van der Waals surface area contributed by atoms with E-state index in [0.29, 0.717) is 12.1 Å². The molecule has 2 heterocycles. The van der Waals surface area contributed by atoms with Gasteiger partial charge >= 0.3 is 5.97 Å². The molecule has 3 rings (SSSR count). The van der Waals surface area contributed by atoms with Crippen molar-refractivity contribution in [3.63, 3.8) is 0 Å². The van der Waals surface area contributed by atoms with Gasteiger partial charge < -0.3 is 14.8 Å². The maximum absolute atomic E-state index is 12.6. The van der Waals surface area contributed by atoms with Gasteiger partial charge in [-0.1, -0.05) is 12.1 Å². The molecule has 0 aliphatic carbocycles. The van der Waals surface area contributed by atoms with Crippen molar-refractivity contribution in [3.8, 4) is 5.75 Å². The Hall–Kier alpha value is -2.76. The third-order valence-electron chi connectivity index (χ3n) is 3.94. The first-order chi connectivity index (χ1) is 11.2. The number of hydrogen-bond donors (Lipinski definition) is 1. The first-order valence-corrected chi connectivity index (χ1v) is 7.40. The Balaban J connectivity index is 2.11. The quantitative estimate of drug-likeness (QED) is 0.673. The van der Waals surface area contributed by atoms with Crippen molar-refractivity contribution in [3.05, 3.63) is 47.3 Å². The molecule has 120 valence electrons. The number of esters is 1. The second kappa shape index (κ2) is 6.16. The van der Waals surface area contributed by atoms with E-state index in [1.807, 2.05) is 24.3 Å². The van der Waals surface area contributed by atoms with Crippen LogP contribution in [0.5, 0.6) is 5.75 Å². The Morgan fingerprint density at radius 3 is 2.65 bits per heavy atom. The van der Waals surface area contributed by atoms with Gasteiger partial charge in [0.2, 0.25) is 0 Å². The van der Waals surface area contributed by atoms with Crippen LogP contribution in [0.4, 0.5) is 0 Å². The van der Waals surface area contributed by atoms with Gasteiger partial charge in [-0.25, -0.2) is 4.79 Å². The maximum Gasteiger partial charge on any atom is 0.331 e. The SMILES string of the molecule is COC(=O)/C=C1/C(=O)N2CCCNC2=C1c1ccc(OC)cc1. The molecule has 1 saturated heterocycles. The number of fused-ring (bicyclic) bond motifs is 1. The number of rotatable bonds is 3. The first-order valence-electron chi connectivity index (χ1n) is 7.40. The Kier molecular flexibility index (Phi) is 4.06. The van der Waals surface area contributed by atoms with Gasteiger partial charge in [-0.3, -0.25) is 9.69 Å². The average molecular weight is 314 g/mol. The summed E-state index contributed by atoms with van der Waals surface area (Å²) in [4.78, 5) is 26.0. The summed E-state index contributed by atoms with van der Waals surface area (Å²) in [7, 11) is 2.90. The molecule has 2 aliphatic heterocycles. The lowest BCUT2D eigenvalue weighted by Gasteiger charge is -2.26. The number of benzene rings is 1. The van der Waals surface area contributed by atoms with Gasteiger partial charge in [0.05, 0.1) is 19.8 Å². The van der Waals surface area contributed by atoms with E-state index in [-0.39, 0.29) is 5.91 Å². The van der Waals surface area contributed by atoms with E-state index in [9.17, 15) is 9.59 Å². The van der Waals surface area contributed by atoms with E-state index in [0.717, 1.165) is 35.7 Å². The summed E-state index contributed by atoms with van der Waals surface area (Å²) in [6, 6.07) is 7.40. The highest BCUT2D eigenvalue weighted by Gasteiger charge is 2.37. The normalized spacial score (nSPS) is 18.8. The van der Waals surface area contributed by atoms with Crippen molar-refractivity contribution >= 4 is 17.4 Å². The fraction of sp³-hybridized carbons (Fsp3) is 0.294. The van der Waals surface area contributed by atoms with Gasteiger partial charge in [0.1, 0.15) is 11.6 Å². The largest absolute Gasteiger partial charge is 0.497 e. The molecular formula is C17H18N2O4. The summed E-state index contributed by atoms with van der Waals surface area (Å²) in [6.45, 7) is 1.43. The van der Waals surface area contributed by atoms with E-state index in [4.69, 9.17) is 4.74 Å². The van der Waals surface area contributed by atoms with Crippen molar-refractivity contribution in [1.29, 1.82) is 0 Å². The average Bonchev–Trinajstić information content (AvgIpc) is 2.87. The van der Waals surface area contributed by atoms with E-state index >= 15 is 0 Å². The molecule has 0 aromatic heterocycles. The molecule has 2 aliphatic rings. The minimum atomic E-state index is -0.542. The third kappa shape index (κ3) is 2.67. The van der Waals surface area contributed by atoms with Gasteiger partial charge in [0.25, 0.3) is 5.91 Å². The molecule has 0 atom stereocenters. The van der Waals surface area contributed by atoms with Gasteiger partial charge in [-0.2, -0.15) is 0 Å². The molecule has 1 fully saturated rings. The van der Waals surface area contributed by atoms with E-state index in [2.05, 4.69) is 10.1 Å². The Morgan fingerprint density at radius 2 is 2.00 bits per heavy atom. The molecule has 0 radical (unpaired) electrons. The first kappa shape index (κ1) is 15.1. The minimum absolute atomic E-state index is 0.177. The molecule has 0 bridgehead atoms. The van der Waals surface area contributed by atoms with Crippen LogP contribution in [0.15, 0.2) is 41.7 Å². The van der Waals surface area contributed by atoms with Crippen LogP contribution in [-0.2, 0) is 14.3 Å². The standard InChI is InChI=1S/C17H18N2O4/c1-22-12-6-4-11(5-7-12)15-13(10-14(20)23-2)17(21)19-9-3-8-18-16(15)19/h4-7,10,18H,3,8-9H2,1-2H3/b13-10+. The van der Waals surface area contributed by atoms with E-state index in [1.54, 1.807) is 12.0 Å². The minimum Gasteiger partial charge on any atom is -0.497 e. The van der Waals surface area contributed by atoms with Crippen LogP contribution in [0.3, 0.4) is 0 Å². The molecular weight excluding hydrogens is 296 g/mol. The van der Waals surface area contributed by atoms with Crippen LogP contribution in [0.2, 0.25) is 0 Å². The van der Waals surface area contributed by atoms with Crippen LogP contribution in [0, 0.1) is 0 Å². The highest BCUT2D eigenvalue weighted by Crippen LogP contribution is 2.37.